The van der Waals surface area contributed by atoms with Crippen LogP contribution < -0.4 is 30.3 Å². The van der Waals surface area contributed by atoms with Gasteiger partial charge < -0.3 is 29.3 Å². The number of hydrogen-bond acceptors (Lipinski definition) is 7. The van der Waals surface area contributed by atoms with Crippen LogP contribution in [0.5, 0.6) is 5.75 Å². The Morgan fingerprint density at radius 2 is 1.89 bits per heavy atom. The maximum absolute atomic E-state index is 12.6. The number of aryl methyl sites for hydroxylation is 2. The molecule has 35 heavy (non-hydrogen) atoms. The fraction of sp³-hybridized carbons (Fsp3) is 0.423. The Hall–Kier alpha value is -3.75. The molecule has 0 spiro atoms. The summed E-state index contributed by atoms with van der Waals surface area (Å²) >= 11 is 0. The Kier molecular flexibility index (Phi) is 5.78. The van der Waals surface area contributed by atoms with Gasteiger partial charge in [-0.3, -0.25) is 9.59 Å². The van der Waals surface area contributed by atoms with Crippen LogP contribution in [-0.4, -0.2) is 62.3 Å². The molecule has 9 heteroatoms. The summed E-state index contributed by atoms with van der Waals surface area (Å²) in [5, 5.41) is 3.77. The number of methoxy groups -OCH3 is 1. The van der Waals surface area contributed by atoms with Crippen LogP contribution in [0.4, 0.5) is 22.9 Å². The lowest BCUT2D eigenvalue weighted by Crippen LogP contribution is -2.42. The van der Waals surface area contributed by atoms with E-state index in [1.807, 2.05) is 31.3 Å². The van der Waals surface area contributed by atoms with Crippen molar-refractivity contribution in [3.8, 4) is 5.75 Å². The molecule has 4 heterocycles. The van der Waals surface area contributed by atoms with Crippen molar-refractivity contribution < 1.29 is 9.53 Å². The van der Waals surface area contributed by atoms with Gasteiger partial charge in [-0.15, -0.1) is 0 Å². The van der Waals surface area contributed by atoms with Crippen molar-refractivity contribution in [1.82, 2.24) is 14.9 Å². The van der Waals surface area contributed by atoms with Gasteiger partial charge in [0, 0.05) is 69.9 Å². The molecule has 0 radical (unpaired) electrons. The molecule has 2 aliphatic rings. The third kappa shape index (κ3) is 3.75. The average molecular weight is 477 g/mol. The number of aromatic nitrogens is 2. The smallest absolute Gasteiger partial charge is 0.253 e. The summed E-state index contributed by atoms with van der Waals surface area (Å²) in [6.07, 6.45) is 3.70. The number of carbonyl (C=O) groups is 1. The zero-order valence-corrected chi connectivity index (χ0v) is 21.0. The summed E-state index contributed by atoms with van der Waals surface area (Å²) in [4.78, 5) is 36.4. The van der Waals surface area contributed by atoms with E-state index in [-0.39, 0.29) is 17.5 Å². The van der Waals surface area contributed by atoms with Crippen molar-refractivity contribution in [3.05, 3.63) is 46.4 Å². The monoisotopic (exact) mass is 476 g/mol. The molecule has 1 unspecified atom stereocenters. The number of ether oxygens (including phenoxy) is 1. The molecule has 1 aromatic carbocycles. The molecule has 3 aromatic rings. The van der Waals surface area contributed by atoms with Crippen molar-refractivity contribution in [2.24, 2.45) is 7.05 Å². The van der Waals surface area contributed by atoms with E-state index in [9.17, 15) is 9.59 Å². The molecule has 0 saturated carbocycles. The second-order valence-electron chi connectivity index (χ2n) is 9.34. The predicted octanol–water partition coefficient (Wildman–Crippen LogP) is 2.55. The van der Waals surface area contributed by atoms with E-state index >= 15 is 0 Å². The highest BCUT2D eigenvalue weighted by atomic mass is 16.5. The molecule has 1 N–H and O–H groups in total. The van der Waals surface area contributed by atoms with E-state index in [0.29, 0.717) is 11.3 Å². The highest BCUT2D eigenvalue weighted by molar-refractivity contribution is 5.98. The molecule has 0 aliphatic carbocycles. The lowest BCUT2D eigenvalue weighted by molar-refractivity contribution is -0.121. The van der Waals surface area contributed by atoms with Crippen molar-refractivity contribution in [1.29, 1.82) is 0 Å². The minimum atomic E-state index is -0.192. The Morgan fingerprint density at radius 1 is 1.09 bits per heavy atom. The zero-order chi connectivity index (χ0) is 24.9. The Labute approximate surface area is 204 Å². The van der Waals surface area contributed by atoms with Crippen LogP contribution in [0.15, 0.2) is 35.3 Å². The largest absolute Gasteiger partial charge is 0.497 e. The first kappa shape index (κ1) is 23.0. The summed E-state index contributed by atoms with van der Waals surface area (Å²) in [7, 11) is 7.20. The van der Waals surface area contributed by atoms with Gasteiger partial charge in [-0.05, 0) is 25.8 Å². The van der Waals surface area contributed by atoms with Crippen molar-refractivity contribution in [2.45, 2.75) is 25.8 Å². The number of likely N-dealkylation sites (N-methyl/N-ethyl adjacent to an activating group) is 2. The molecule has 0 bridgehead atoms. The average Bonchev–Trinajstić information content (AvgIpc) is 3.37. The van der Waals surface area contributed by atoms with Crippen LogP contribution in [-0.2, 0) is 11.8 Å². The van der Waals surface area contributed by atoms with E-state index in [2.05, 4.69) is 33.1 Å². The van der Waals surface area contributed by atoms with Crippen LogP contribution in [0, 0.1) is 6.92 Å². The summed E-state index contributed by atoms with van der Waals surface area (Å²) in [6, 6.07) is 7.79. The molecule has 1 fully saturated rings. The van der Waals surface area contributed by atoms with Crippen LogP contribution in [0.3, 0.4) is 0 Å². The van der Waals surface area contributed by atoms with Crippen LogP contribution in [0.2, 0.25) is 0 Å². The van der Waals surface area contributed by atoms with Gasteiger partial charge in [0.1, 0.15) is 17.6 Å². The minimum Gasteiger partial charge on any atom is -0.497 e. The van der Waals surface area contributed by atoms with E-state index in [4.69, 9.17) is 9.72 Å². The summed E-state index contributed by atoms with van der Waals surface area (Å²) in [6.45, 7) is 4.24. The first-order valence-corrected chi connectivity index (χ1v) is 12.0. The van der Waals surface area contributed by atoms with E-state index in [0.717, 1.165) is 66.3 Å². The van der Waals surface area contributed by atoms with Gasteiger partial charge in [0.15, 0.2) is 0 Å². The molecule has 1 amide bonds. The fourth-order valence-electron chi connectivity index (χ4n) is 5.34. The van der Waals surface area contributed by atoms with Gasteiger partial charge in [-0.1, -0.05) is 0 Å². The van der Waals surface area contributed by atoms with Crippen LogP contribution >= 0.6 is 0 Å². The van der Waals surface area contributed by atoms with Crippen LogP contribution in [0.1, 0.15) is 18.4 Å². The number of amides is 1. The topological polar surface area (TPSA) is 82.9 Å². The highest BCUT2D eigenvalue weighted by Gasteiger charge is 2.33. The Morgan fingerprint density at radius 3 is 2.63 bits per heavy atom. The number of benzene rings is 1. The van der Waals surface area contributed by atoms with Gasteiger partial charge >= 0.3 is 0 Å². The predicted molar refractivity (Wildman–Crippen MR) is 139 cm³/mol. The van der Waals surface area contributed by atoms with Gasteiger partial charge in [0.2, 0.25) is 5.91 Å². The van der Waals surface area contributed by atoms with E-state index < -0.39 is 0 Å². The zero-order valence-electron chi connectivity index (χ0n) is 21.0. The van der Waals surface area contributed by atoms with Gasteiger partial charge in [0.25, 0.3) is 5.56 Å². The summed E-state index contributed by atoms with van der Waals surface area (Å²) in [5.74, 6) is 1.54. The standard InChI is InChI=1S/C26H32N6O3/c1-16-11-18-20(30(4)26(16)34)12-17(35-5)13-21(18)31-10-9-29(3)22-14-24(28-15-23(22)31)32-8-6-7-19(32)25(33)27-2/h11-15,19H,6-10H2,1-5H3,(H,27,33). The number of carbonyl (C=O) groups excluding carboxylic acids is 1. The number of anilines is 4. The number of rotatable bonds is 4. The van der Waals surface area contributed by atoms with Crippen LogP contribution in [0.25, 0.3) is 10.9 Å². The van der Waals surface area contributed by atoms with Gasteiger partial charge in [-0.2, -0.15) is 0 Å². The number of fused-ring (bicyclic) bond motifs is 2. The lowest BCUT2D eigenvalue weighted by Gasteiger charge is -2.38. The first-order chi connectivity index (χ1) is 16.8. The number of hydrogen-bond donors (Lipinski definition) is 1. The fourth-order valence-corrected chi connectivity index (χ4v) is 5.34. The second kappa shape index (κ2) is 8.79. The molecule has 2 aromatic heterocycles. The molecule has 1 saturated heterocycles. The number of nitrogens with zero attached hydrogens (tertiary/aromatic N) is 5. The van der Waals surface area contributed by atoms with Crippen molar-refractivity contribution >= 4 is 39.7 Å². The molecular weight excluding hydrogens is 444 g/mol. The summed E-state index contributed by atoms with van der Waals surface area (Å²) in [5.41, 5.74) is 4.53. The molecule has 184 valence electrons. The molecule has 9 nitrogen and oxygen atoms in total. The minimum absolute atomic E-state index is 0.0157. The van der Waals surface area contributed by atoms with Crippen molar-refractivity contribution in [3.63, 3.8) is 0 Å². The summed E-state index contributed by atoms with van der Waals surface area (Å²) < 4.78 is 7.29. The lowest BCUT2D eigenvalue weighted by atomic mass is 10.1. The molecule has 2 aliphatic heterocycles. The first-order valence-electron chi connectivity index (χ1n) is 12.0. The third-order valence-electron chi connectivity index (χ3n) is 7.31. The normalized spacial score (nSPS) is 17.6. The maximum Gasteiger partial charge on any atom is 0.253 e. The van der Waals surface area contributed by atoms with Gasteiger partial charge in [0.05, 0.1) is 35.9 Å². The van der Waals surface area contributed by atoms with Gasteiger partial charge in [-0.25, -0.2) is 4.98 Å². The third-order valence-corrected chi connectivity index (χ3v) is 7.31. The molecular formula is C26H32N6O3. The Balaban J connectivity index is 1.64. The quantitative estimate of drug-likeness (QED) is 0.620. The van der Waals surface area contributed by atoms with E-state index in [1.165, 1.54) is 0 Å². The maximum atomic E-state index is 12.6. The molecule has 1 atom stereocenters. The number of nitrogens with one attached hydrogen (secondary N) is 1. The highest BCUT2D eigenvalue weighted by Crippen LogP contribution is 2.42. The number of pyridine rings is 2. The van der Waals surface area contributed by atoms with Crippen molar-refractivity contribution in [2.75, 3.05) is 55.5 Å². The Bertz CT molecular complexity index is 1370. The SMILES string of the molecule is CNC(=O)C1CCCN1c1cc2c(cn1)N(c1cc(OC)cc3c1cc(C)c(=O)n3C)CCN2C. The second-order valence-corrected chi connectivity index (χ2v) is 9.34. The van der Waals surface area contributed by atoms with E-state index in [1.54, 1.807) is 25.8 Å². The molecule has 5 rings (SSSR count).